The largest absolute Gasteiger partial charge is 0.342 e. The van der Waals surface area contributed by atoms with Gasteiger partial charge in [0.1, 0.15) is 5.54 Å². The molecular weight excluding hydrogens is 494 g/mol. The molecular formula is C30H35N5O4. The van der Waals surface area contributed by atoms with Crippen molar-refractivity contribution in [2.75, 3.05) is 32.7 Å². The Kier molecular flexibility index (Phi) is 6.32. The molecule has 1 N–H and O–H groups in total. The van der Waals surface area contributed by atoms with E-state index in [1.807, 2.05) is 65.6 Å². The van der Waals surface area contributed by atoms with Gasteiger partial charge in [-0.15, -0.1) is 0 Å². The fraction of sp³-hybridized carbons (Fsp3) is 0.467. The minimum atomic E-state index is -1.08. The van der Waals surface area contributed by atoms with E-state index in [9.17, 15) is 19.2 Å². The highest BCUT2D eigenvalue weighted by atomic mass is 16.2. The lowest BCUT2D eigenvalue weighted by Gasteiger charge is -2.44. The predicted octanol–water partition coefficient (Wildman–Crippen LogP) is 3.00. The SMILES string of the molecule is CC(=O)N1CCC(NC(=O)N2CCN3C(=O)N([C@H]4C[C@@H]4c4ccccc4)C(=O)[C@]3(C)C2)C(c2ccccc2)C1. The van der Waals surface area contributed by atoms with Gasteiger partial charge < -0.3 is 20.0 Å². The number of nitrogens with one attached hydrogen (secondary N) is 1. The number of urea groups is 2. The van der Waals surface area contributed by atoms with Gasteiger partial charge in [0, 0.05) is 57.0 Å². The molecule has 4 aliphatic rings. The van der Waals surface area contributed by atoms with Crippen LogP contribution in [0, 0.1) is 0 Å². The van der Waals surface area contributed by atoms with Crippen LogP contribution < -0.4 is 5.32 Å². The van der Waals surface area contributed by atoms with E-state index >= 15 is 0 Å². The predicted molar refractivity (Wildman–Crippen MR) is 145 cm³/mol. The molecule has 6 rings (SSSR count). The first kappa shape index (κ1) is 25.4. The third kappa shape index (κ3) is 4.43. The minimum absolute atomic E-state index is 0.0281. The van der Waals surface area contributed by atoms with Crippen LogP contribution in [0.15, 0.2) is 60.7 Å². The summed E-state index contributed by atoms with van der Waals surface area (Å²) in [5, 5.41) is 3.22. The summed E-state index contributed by atoms with van der Waals surface area (Å²) in [7, 11) is 0. The molecule has 2 aromatic rings. The number of benzene rings is 2. The van der Waals surface area contributed by atoms with Crippen molar-refractivity contribution in [2.24, 2.45) is 0 Å². The summed E-state index contributed by atoms with van der Waals surface area (Å²) < 4.78 is 0. The lowest BCUT2D eigenvalue weighted by atomic mass is 9.86. The van der Waals surface area contributed by atoms with Crippen molar-refractivity contribution in [3.8, 4) is 0 Å². The Balaban J connectivity index is 1.15. The number of hydrogen-bond acceptors (Lipinski definition) is 4. The summed E-state index contributed by atoms with van der Waals surface area (Å²) in [6, 6.07) is 19.2. The zero-order valence-corrected chi connectivity index (χ0v) is 22.5. The zero-order chi connectivity index (χ0) is 27.3. The first-order chi connectivity index (χ1) is 18.8. The van der Waals surface area contributed by atoms with E-state index in [2.05, 4.69) is 5.32 Å². The summed E-state index contributed by atoms with van der Waals surface area (Å²) in [6.07, 6.45) is 1.42. The van der Waals surface area contributed by atoms with Gasteiger partial charge in [-0.2, -0.15) is 0 Å². The number of rotatable bonds is 4. The summed E-state index contributed by atoms with van der Waals surface area (Å²) in [5.41, 5.74) is 1.14. The number of imide groups is 1. The van der Waals surface area contributed by atoms with Crippen molar-refractivity contribution in [1.29, 1.82) is 0 Å². The molecule has 3 aliphatic heterocycles. The van der Waals surface area contributed by atoms with Crippen LogP contribution in [0.5, 0.6) is 0 Å². The molecule has 3 heterocycles. The van der Waals surface area contributed by atoms with Crippen LogP contribution in [0.3, 0.4) is 0 Å². The van der Waals surface area contributed by atoms with Gasteiger partial charge in [-0.1, -0.05) is 60.7 Å². The number of hydrogen-bond donors (Lipinski definition) is 1. The number of amides is 6. The van der Waals surface area contributed by atoms with E-state index in [4.69, 9.17) is 0 Å². The Hall–Kier alpha value is -3.88. The average molecular weight is 530 g/mol. The zero-order valence-electron chi connectivity index (χ0n) is 22.5. The fourth-order valence-electron chi connectivity index (χ4n) is 6.66. The molecule has 1 aliphatic carbocycles. The highest BCUT2D eigenvalue weighted by molar-refractivity contribution is 6.08. The van der Waals surface area contributed by atoms with Gasteiger partial charge in [0.05, 0.1) is 6.54 Å². The van der Waals surface area contributed by atoms with Gasteiger partial charge in [0.15, 0.2) is 0 Å². The highest BCUT2D eigenvalue weighted by Crippen LogP contribution is 2.48. The summed E-state index contributed by atoms with van der Waals surface area (Å²) in [6.45, 7) is 5.33. The maximum absolute atomic E-state index is 13.7. The molecule has 0 bridgehead atoms. The second-order valence-electron chi connectivity index (χ2n) is 11.5. The molecule has 0 aromatic heterocycles. The quantitative estimate of drug-likeness (QED) is 0.617. The number of nitrogens with zero attached hydrogens (tertiary/aromatic N) is 4. The van der Waals surface area contributed by atoms with Crippen molar-refractivity contribution >= 4 is 23.9 Å². The van der Waals surface area contributed by atoms with Gasteiger partial charge in [0.2, 0.25) is 5.91 Å². The highest BCUT2D eigenvalue weighted by Gasteiger charge is 2.62. The molecule has 204 valence electrons. The van der Waals surface area contributed by atoms with Crippen molar-refractivity contribution in [2.45, 2.75) is 56.1 Å². The third-order valence-corrected chi connectivity index (χ3v) is 9.00. The number of carbonyl (C=O) groups excluding carboxylic acids is 4. The molecule has 2 aromatic carbocycles. The second-order valence-corrected chi connectivity index (χ2v) is 11.5. The van der Waals surface area contributed by atoms with E-state index in [1.165, 1.54) is 4.90 Å². The molecule has 6 amide bonds. The summed E-state index contributed by atoms with van der Waals surface area (Å²) in [5.74, 6) is -0.0480. The van der Waals surface area contributed by atoms with Crippen molar-refractivity contribution < 1.29 is 19.2 Å². The lowest BCUT2D eigenvalue weighted by Crippen LogP contribution is -2.64. The first-order valence-corrected chi connectivity index (χ1v) is 13.8. The number of carbonyl (C=O) groups is 4. The molecule has 0 radical (unpaired) electrons. The molecule has 0 spiro atoms. The van der Waals surface area contributed by atoms with Gasteiger partial charge in [-0.25, -0.2) is 9.59 Å². The molecule has 9 nitrogen and oxygen atoms in total. The van der Waals surface area contributed by atoms with Crippen LogP contribution in [-0.2, 0) is 9.59 Å². The van der Waals surface area contributed by atoms with Crippen LogP contribution in [0.2, 0.25) is 0 Å². The Morgan fingerprint density at radius 1 is 0.872 bits per heavy atom. The van der Waals surface area contributed by atoms with Gasteiger partial charge in [0.25, 0.3) is 5.91 Å². The maximum Gasteiger partial charge on any atom is 0.328 e. The molecule has 1 saturated carbocycles. The van der Waals surface area contributed by atoms with E-state index < -0.39 is 5.54 Å². The van der Waals surface area contributed by atoms with Crippen LogP contribution in [0.25, 0.3) is 0 Å². The molecule has 5 atom stereocenters. The van der Waals surface area contributed by atoms with E-state index in [-0.39, 0.29) is 54.3 Å². The number of piperazine rings is 1. The smallest absolute Gasteiger partial charge is 0.328 e. The molecule has 4 fully saturated rings. The van der Waals surface area contributed by atoms with Gasteiger partial charge >= 0.3 is 12.1 Å². The topological polar surface area (TPSA) is 93.3 Å². The average Bonchev–Trinajstić information content (AvgIpc) is 3.70. The lowest BCUT2D eigenvalue weighted by molar-refractivity contribution is -0.134. The third-order valence-electron chi connectivity index (χ3n) is 9.00. The van der Waals surface area contributed by atoms with Gasteiger partial charge in [-0.3, -0.25) is 14.5 Å². The second kappa shape index (κ2) is 9.70. The number of piperidine rings is 1. The Morgan fingerprint density at radius 2 is 1.51 bits per heavy atom. The fourth-order valence-corrected chi connectivity index (χ4v) is 6.66. The Bertz CT molecular complexity index is 1290. The van der Waals surface area contributed by atoms with E-state index in [0.717, 1.165) is 17.5 Å². The van der Waals surface area contributed by atoms with Crippen molar-refractivity contribution in [3.63, 3.8) is 0 Å². The van der Waals surface area contributed by atoms with Crippen LogP contribution >= 0.6 is 0 Å². The van der Waals surface area contributed by atoms with Crippen molar-refractivity contribution in [3.05, 3.63) is 71.8 Å². The number of fused-ring (bicyclic) bond motifs is 1. The molecule has 39 heavy (non-hydrogen) atoms. The van der Waals surface area contributed by atoms with E-state index in [0.29, 0.717) is 32.6 Å². The summed E-state index contributed by atoms with van der Waals surface area (Å²) >= 11 is 0. The molecule has 3 saturated heterocycles. The molecule has 9 heteroatoms. The monoisotopic (exact) mass is 529 g/mol. The first-order valence-electron chi connectivity index (χ1n) is 13.8. The maximum atomic E-state index is 13.7. The summed E-state index contributed by atoms with van der Waals surface area (Å²) in [4.78, 5) is 59.3. The standard InChI is InChI=1S/C30H35N5O4/c1-20(36)32-14-13-25(24(18-32)22-11-7-4-8-12-22)31-28(38)33-15-16-34-29(39)35(27(37)30(34,2)19-33)26-17-23(26)21-9-5-3-6-10-21/h3-12,23-26H,13-19H2,1-2H3,(H,31,38)/t23-,24?,25?,26+,30+/m1/s1. The molecule has 2 unspecified atom stereocenters. The Morgan fingerprint density at radius 3 is 2.15 bits per heavy atom. The van der Waals surface area contributed by atoms with Crippen LogP contribution in [0.1, 0.15) is 49.7 Å². The van der Waals surface area contributed by atoms with Gasteiger partial charge in [-0.05, 0) is 30.9 Å². The minimum Gasteiger partial charge on any atom is -0.342 e. The van der Waals surface area contributed by atoms with Crippen LogP contribution in [0.4, 0.5) is 9.59 Å². The number of likely N-dealkylation sites (tertiary alicyclic amines) is 1. The van der Waals surface area contributed by atoms with Crippen molar-refractivity contribution in [1.82, 2.24) is 24.9 Å². The normalized spacial score (nSPS) is 30.3. The van der Waals surface area contributed by atoms with E-state index in [1.54, 1.807) is 23.6 Å². The van der Waals surface area contributed by atoms with Crippen LogP contribution in [-0.4, -0.2) is 93.8 Å². The Labute approximate surface area is 228 Å².